The van der Waals surface area contributed by atoms with Gasteiger partial charge in [-0.1, -0.05) is 22.0 Å². The number of nitrogens with zero attached hydrogens (tertiary/aromatic N) is 3. The van der Waals surface area contributed by atoms with Gasteiger partial charge in [-0.25, -0.2) is 9.98 Å². The third kappa shape index (κ3) is 6.10. The molecule has 0 fully saturated rings. The summed E-state index contributed by atoms with van der Waals surface area (Å²) < 4.78 is 0.925. The molecule has 0 saturated heterocycles. The van der Waals surface area contributed by atoms with Crippen molar-refractivity contribution in [1.29, 1.82) is 0 Å². The molecule has 0 aliphatic carbocycles. The molecule has 26 heavy (non-hydrogen) atoms. The Balaban J connectivity index is 2.00. The molecule has 0 saturated carbocycles. The molecule has 0 aliphatic rings. The second-order valence-corrected chi connectivity index (χ2v) is 7.87. The van der Waals surface area contributed by atoms with Gasteiger partial charge in [0.1, 0.15) is 6.54 Å². The van der Waals surface area contributed by atoms with Crippen LogP contribution in [0.25, 0.3) is 0 Å². The summed E-state index contributed by atoms with van der Waals surface area (Å²) in [5.41, 5.74) is 2.79. The first-order valence-electron chi connectivity index (χ1n) is 8.35. The van der Waals surface area contributed by atoms with Gasteiger partial charge in [0.15, 0.2) is 5.96 Å². The molecular weight excluding hydrogens is 414 g/mol. The summed E-state index contributed by atoms with van der Waals surface area (Å²) in [6, 6.07) is 5.79. The summed E-state index contributed by atoms with van der Waals surface area (Å²) in [5.74, 6) is 0.527. The maximum absolute atomic E-state index is 12.3. The van der Waals surface area contributed by atoms with E-state index in [0.29, 0.717) is 12.5 Å². The molecule has 0 unspecified atom stereocenters. The minimum atomic E-state index is -0.153. The molecule has 0 aliphatic heterocycles. The first-order valence-corrected chi connectivity index (χ1v) is 10.0. The number of hydrogen-bond donors (Lipinski definition) is 2. The van der Waals surface area contributed by atoms with Gasteiger partial charge in [-0.2, -0.15) is 0 Å². The lowest BCUT2D eigenvalue weighted by Gasteiger charge is -2.21. The Hall–Kier alpha value is -1.93. The fourth-order valence-electron chi connectivity index (χ4n) is 2.33. The van der Waals surface area contributed by atoms with E-state index in [0.717, 1.165) is 33.0 Å². The van der Waals surface area contributed by atoms with Crippen LogP contribution in [0.3, 0.4) is 0 Å². The molecule has 1 aromatic heterocycles. The van der Waals surface area contributed by atoms with E-state index in [1.165, 1.54) is 0 Å². The number of carbonyl (C=O) groups excluding carboxylic acids is 1. The zero-order valence-electron chi connectivity index (χ0n) is 15.5. The van der Waals surface area contributed by atoms with E-state index in [4.69, 9.17) is 0 Å². The number of guanidine groups is 1. The van der Waals surface area contributed by atoms with Crippen LogP contribution in [0.1, 0.15) is 23.2 Å². The maximum Gasteiger partial charge on any atom is 0.246 e. The molecule has 1 heterocycles. The SMILES string of the molecule is CCNC(=NCC(=O)Nc1cc(Br)ccc1C)N(C)Cc1csc(C)n1. The number of thiazole rings is 1. The van der Waals surface area contributed by atoms with Gasteiger partial charge in [0.25, 0.3) is 0 Å². The minimum Gasteiger partial charge on any atom is -0.357 e. The first-order chi connectivity index (χ1) is 12.4. The third-order valence-corrected chi connectivity index (χ3v) is 4.92. The molecule has 140 valence electrons. The Morgan fingerprint density at radius 1 is 1.38 bits per heavy atom. The van der Waals surface area contributed by atoms with Gasteiger partial charge in [-0.3, -0.25) is 4.79 Å². The molecular formula is C18H24BrN5OS. The molecule has 2 aromatic rings. The van der Waals surface area contributed by atoms with Crippen LogP contribution in [0.2, 0.25) is 0 Å². The monoisotopic (exact) mass is 437 g/mol. The van der Waals surface area contributed by atoms with Crippen molar-refractivity contribution in [1.82, 2.24) is 15.2 Å². The smallest absolute Gasteiger partial charge is 0.246 e. The number of aryl methyl sites for hydroxylation is 2. The van der Waals surface area contributed by atoms with Crippen LogP contribution in [-0.2, 0) is 11.3 Å². The molecule has 1 aromatic carbocycles. The zero-order chi connectivity index (χ0) is 19.1. The van der Waals surface area contributed by atoms with E-state index in [1.54, 1.807) is 11.3 Å². The van der Waals surface area contributed by atoms with Crippen LogP contribution in [0.4, 0.5) is 5.69 Å². The van der Waals surface area contributed by atoms with Gasteiger partial charge in [-0.05, 0) is 38.5 Å². The van der Waals surface area contributed by atoms with Crippen molar-refractivity contribution in [2.45, 2.75) is 27.3 Å². The quantitative estimate of drug-likeness (QED) is 0.535. The van der Waals surface area contributed by atoms with E-state index in [2.05, 4.69) is 36.5 Å². The van der Waals surface area contributed by atoms with Crippen LogP contribution < -0.4 is 10.6 Å². The number of aliphatic imine (C=N–C) groups is 1. The fraction of sp³-hybridized carbons (Fsp3) is 0.389. The maximum atomic E-state index is 12.3. The van der Waals surface area contributed by atoms with E-state index < -0.39 is 0 Å². The second kappa shape index (κ2) is 9.68. The number of anilines is 1. The molecule has 0 atom stereocenters. The van der Waals surface area contributed by atoms with Crippen molar-refractivity contribution < 1.29 is 4.79 Å². The highest BCUT2D eigenvalue weighted by Crippen LogP contribution is 2.20. The van der Waals surface area contributed by atoms with Crippen LogP contribution in [0, 0.1) is 13.8 Å². The lowest BCUT2D eigenvalue weighted by molar-refractivity contribution is -0.114. The Bertz CT molecular complexity index is 790. The van der Waals surface area contributed by atoms with Gasteiger partial charge in [0.2, 0.25) is 5.91 Å². The molecule has 0 bridgehead atoms. The van der Waals surface area contributed by atoms with Crippen LogP contribution in [-0.4, -0.2) is 41.9 Å². The largest absolute Gasteiger partial charge is 0.357 e. The van der Waals surface area contributed by atoms with Gasteiger partial charge >= 0.3 is 0 Å². The Morgan fingerprint density at radius 2 is 2.15 bits per heavy atom. The van der Waals surface area contributed by atoms with Crippen molar-refractivity contribution in [2.24, 2.45) is 4.99 Å². The predicted octanol–water partition coefficient (Wildman–Crippen LogP) is 3.56. The molecule has 6 nitrogen and oxygen atoms in total. The average molecular weight is 438 g/mol. The number of halogens is 1. The van der Waals surface area contributed by atoms with Crippen molar-refractivity contribution in [3.63, 3.8) is 0 Å². The molecule has 8 heteroatoms. The highest BCUT2D eigenvalue weighted by Gasteiger charge is 2.10. The summed E-state index contributed by atoms with van der Waals surface area (Å²) >= 11 is 5.05. The third-order valence-electron chi connectivity index (χ3n) is 3.61. The van der Waals surface area contributed by atoms with Crippen LogP contribution in [0.15, 0.2) is 33.0 Å². The lowest BCUT2D eigenvalue weighted by atomic mass is 10.2. The molecule has 2 rings (SSSR count). The minimum absolute atomic E-state index is 0.0503. The number of carbonyl (C=O) groups is 1. The summed E-state index contributed by atoms with van der Waals surface area (Å²) in [6.45, 7) is 7.37. The van der Waals surface area contributed by atoms with Crippen LogP contribution in [0.5, 0.6) is 0 Å². The van der Waals surface area contributed by atoms with Crippen molar-refractivity contribution in [2.75, 3.05) is 25.5 Å². The average Bonchev–Trinajstić information content (AvgIpc) is 2.99. The number of hydrogen-bond acceptors (Lipinski definition) is 4. The topological polar surface area (TPSA) is 69.6 Å². The summed E-state index contributed by atoms with van der Waals surface area (Å²) in [5, 5.41) is 9.20. The van der Waals surface area contributed by atoms with Crippen LogP contribution >= 0.6 is 27.3 Å². The van der Waals surface area contributed by atoms with Gasteiger partial charge in [-0.15, -0.1) is 11.3 Å². The number of rotatable bonds is 6. The summed E-state index contributed by atoms with van der Waals surface area (Å²) in [6.07, 6.45) is 0. The highest BCUT2D eigenvalue weighted by atomic mass is 79.9. The number of aromatic nitrogens is 1. The van der Waals surface area contributed by atoms with E-state index in [-0.39, 0.29) is 12.5 Å². The number of benzene rings is 1. The fourth-order valence-corrected chi connectivity index (χ4v) is 3.30. The van der Waals surface area contributed by atoms with E-state index >= 15 is 0 Å². The van der Waals surface area contributed by atoms with Crippen molar-refractivity contribution in [3.8, 4) is 0 Å². The van der Waals surface area contributed by atoms with Crippen molar-refractivity contribution >= 4 is 44.8 Å². The zero-order valence-corrected chi connectivity index (χ0v) is 17.9. The summed E-state index contributed by atoms with van der Waals surface area (Å²) in [7, 11) is 1.94. The number of nitrogens with one attached hydrogen (secondary N) is 2. The normalized spacial score (nSPS) is 11.3. The second-order valence-electron chi connectivity index (χ2n) is 5.89. The number of amides is 1. The predicted molar refractivity (Wildman–Crippen MR) is 112 cm³/mol. The molecule has 1 amide bonds. The highest BCUT2D eigenvalue weighted by molar-refractivity contribution is 9.10. The van der Waals surface area contributed by atoms with Gasteiger partial charge in [0, 0.05) is 29.1 Å². The van der Waals surface area contributed by atoms with Crippen molar-refractivity contribution in [3.05, 3.63) is 44.3 Å². The standard InChI is InChI=1S/C18H24BrN5OS/c1-5-20-18(24(4)10-15-11-26-13(3)22-15)21-9-17(25)23-16-8-14(19)7-6-12(16)2/h6-8,11H,5,9-10H2,1-4H3,(H,20,21)(H,23,25). The van der Waals surface area contributed by atoms with Gasteiger partial charge in [0.05, 0.1) is 17.2 Å². The van der Waals surface area contributed by atoms with E-state index in [9.17, 15) is 4.79 Å². The Morgan fingerprint density at radius 3 is 2.81 bits per heavy atom. The molecule has 0 radical (unpaired) electrons. The Kier molecular flexibility index (Phi) is 7.59. The molecule has 0 spiro atoms. The van der Waals surface area contributed by atoms with Gasteiger partial charge < -0.3 is 15.5 Å². The lowest BCUT2D eigenvalue weighted by Crippen LogP contribution is -2.39. The Labute approximate surface area is 166 Å². The molecule has 2 N–H and O–H groups in total. The first kappa shape index (κ1) is 20.4. The summed E-state index contributed by atoms with van der Waals surface area (Å²) in [4.78, 5) is 23.2. The van der Waals surface area contributed by atoms with E-state index in [1.807, 2.05) is 56.3 Å².